The smallest absolute Gasteiger partial charge is 0.219 e. The maximum absolute atomic E-state index is 10.9. The quantitative estimate of drug-likeness (QED) is 0.432. The van der Waals surface area contributed by atoms with Crippen LogP contribution in [0.5, 0.6) is 0 Å². The van der Waals surface area contributed by atoms with Crippen molar-refractivity contribution in [2.24, 2.45) is 0 Å². The van der Waals surface area contributed by atoms with Gasteiger partial charge in [0, 0.05) is 6.08 Å². The number of nitrogens with zero attached hydrogens (tertiary/aromatic N) is 1. The minimum Gasteiger partial charge on any atom is -0.219 e. The first-order valence-corrected chi connectivity index (χ1v) is 2.96. The normalized spacial score (nSPS) is 19.1. The van der Waals surface area contributed by atoms with Crippen LogP contribution >= 0.6 is 0 Å². The average Bonchev–Trinajstić information content (AvgIpc) is 1.80. The summed E-state index contributed by atoms with van der Waals surface area (Å²) < 4.78 is 1.60. The second kappa shape index (κ2) is 2.13. The summed E-state index contributed by atoms with van der Waals surface area (Å²) in [6.07, 6.45) is 4.33. The Labute approximate surface area is 54.5 Å². The Morgan fingerprint density at radius 3 is 2.78 bits per heavy atom. The third-order valence-corrected chi connectivity index (χ3v) is 1.41. The van der Waals surface area contributed by atoms with Crippen molar-refractivity contribution in [3.05, 3.63) is 11.6 Å². The lowest BCUT2D eigenvalue weighted by Crippen LogP contribution is -2.20. The van der Waals surface area contributed by atoms with Crippen molar-refractivity contribution >= 4 is 12.1 Å². The summed E-state index contributed by atoms with van der Waals surface area (Å²) in [5.74, 6) is 0.176. The van der Waals surface area contributed by atoms with E-state index >= 15 is 0 Å². The van der Waals surface area contributed by atoms with Gasteiger partial charge in [0.15, 0.2) is 6.21 Å². The van der Waals surface area contributed by atoms with Gasteiger partial charge in [-0.3, -0.25) is 0 Å². The molecule has 1 aliphatic rings. The largest absolute Gasteiger partial charge is 0.390 e. The van der Waals surface area contributed by atoms with Gasteiger partial charge in [-0.15, -0.1) is 0 Å². The van der Waals surface area contributed by atoms with E-state index in [9.17, 15) is 4.79 Å². The van der Waals surface area contributed by atoms with Crippen molar-refractivity contribution < 1.29 is 9.37 Å². The Hall–Kier alpha value is -0.920. The molecule has 0 fully saturated rings. The summed E-state index contributed by atoms with van der Waals surface area (Å²) in [7, 11) is 1.77. The van der Waals surface area contributed by atoms with Crippen LogP contribution in [-0.2, 0) is 4.79 Å². The molecule has 0 radical (unpaired) electrons. The summed E-state index contributed by atoms with van der Waals surface area (Å²) in [6.45, 7) is 1.96. The number of rotatable bonds is 0. The zero-order chi connectivity index (χ0) is 6.85. The first-order chi connectivity index (χ1) is 4.20. The van der Waals surface area contributed by atoms with Crippen molar-refractivity contribution in [2.45, 2.75) is 13.3 Å². The van der Waals surface area contributed by atoms with Crippen molar-refractivity contribution in [3.63, 3.8) is 0 Å². The van der Waals surface area contributed by atoms with Crippen LogP contribution in [0.25, 0.3) is 0 Å². The van der Waals surface area contributed by atoms with Crippen molar-refractivity contribution in [3.8, 4) is 0 Å². The number of allylic oxidation sites excluding steroid dienone is 1. The van der Waals surface area contributed by atoms with Gasteiger partial charge < -0.3 is 0 Å². The Morgan fingerprint density at radius 2 is 2.33 bits per heavy atom. The highest BCUT2D eigenvalue weighted by Gasteiger charge is 2.15. The van der Waals surface area contributed by atoms with Gasteiger partial charge in [-0.1, -0.05) is 5.57 Å². The van der Waals surface area contributed by atoms with E-state index in [0.717, 1.165) is 5.57 Å². The topological polar surface area (TPSA) is 20.1 Å². The molecule has 0 saturated carbocycles. The lowest BCUT2D eigenvalue weighted by atomic mass is 10.1. The van der Waals surface area contributed by atoms with Gasteiger partial charge in [-0.25, -0.2) is 4.79 Å². The van der Waals surface area contributed by atoms with Crippen LogP contribution < -0.4 is 0 Å². The zero-order valence-corrected chi connectivity index (χ0v) is 5.72. The summed E-state index contributed by atoms with van der Waals surface area (Å²) in [4.78, 5) is 10.9. The fourth-order valence-electron chi connectivity index (χ4n) is 0.744. The first kappa shape index (κ1) is 6.20. The van der Waals surface area contributed by atoms with E-state index in [1.54, 1.807) is 17.8 Å². The molecule has 1 heterocycles. The van der Waals surface area contributed by atoms with Gasteiger partial charge in [-0.2, -0.15) is 4.58 Å². The second-order valence-electron chi connectivity index (χ2n) is 2.34. The standard InChI is InChI=1S/C7H10NO/c1-6-3-4-8(2)7(9)5-6/h3-4H,5H2,1-2H3/q+1. The summed E-state index contributed by atoms with van der Waals surface area (Å²) in [5, 5.41) is 0. The van der Waals surface area contributed by atoms with E-state index < -0.39 is 0 Å². The second-order valence-corrected chi connectivity index (χ2v) is 2.34. The molecule has 0 aromatic carbocycles. The summed E-state index contributed by atoms with van der Waals surface area (Å²) in [5.41, 5.74) is 1.14. The number of carbonyl (C=O) groups excluding carboxylic acids is 1. The minimum absolute atomic E-state index is 0.176. The summed E-state index contributed by atoms with van der Waals surface area (Å²) in [6, 6.07) is 0. The van der Waals surface area contributed by atoms with Crippen LogP contribution in [0.3, 0.4) is 0 Å². The number of carbonyl (C=O) groups is 1. The number of hydrogen-bond donors (Lipinski definition) is 0. The molecule has 0 aromatic heterocycles. The third kappa shape index (κ3) is 1.25. The molecule has 9 heavy (non-hydrogen) atoms. The van der Waals surface area contributed by atoms with E-state index in [4.69, 9.17) is 0 Å². The maximum atomic E-state index is 10.9. The lowest BCUT2D eigenvalue weighted by molar-refractivity contribution is -0.414. The average molecular weight is 124 g/mol. The molecular formula is C7H10NO+. The molecular weight excluding hydrogens is 114 g/mol. The Balaban J connectivity index is 2.86. The fourth-order valence-corrected chi connectivity index (χ4v) is 0.744. The molecule has 1 amide bonds. The fraction of sp³-hybridized carbons (Fsp3) is 0.429. The zero-order valence-electron chi connectivity index (χ0n) is 5.72. The molecule has 0 spiro atoms. The Morgan fingerprint density at radius 1 is 1.67 bits per heavy atom. The van der Waals surface area contributed by atoms with Crippen LogP contribution in [0.15, 0.2) is 11.6 Å². The highest BCUT2D eigenvalue weighted by atomic mass is 16.2. The van der Waals surface area contributed by atoms with E-state index in [1.165, 1.54) is 0 Å². The minimum atomic E-state index is 0.176. The van der Waals surface area contributed by atoms with Crippen LogP contribution in [0.1, 0.15) is 13.3 Å². The van der Waals surface area contributed by atoms with E-state index in [0.29, 0.717) is 6.42 Å². The molecule has 2 heteroatoms. The monoisotopic (exact) mass is 124 g/mol. The predicted molar refractivity (Wildman–Crippen MR) is 35.6 cm³/mol. The van der Waals surface area contributed by atoms with Gasteiger partial charge in [0.25, 0.3) is 0 Å². The Kier molecular flexibility index (Phi) is 1.47. The van der Waals surface area contributed by atoms with Crippen LogP contribution in [0, 0.1) is 0 Å². The van der Waals surface area contributed by atoms with E-state index in [1.807, 2.05) is 13.0 Å². The molecule has 48 valence electrons. The van der Waals surface area contributed by atoms with Gasteiger partial charge in [0.05, 0.1) is 6.42 Å². The molecule has 2 nitrogen and oxygen atoms in total. The third-order valence-electron chi connectivity index (χ3n) is 1.41. The molecule has 0 unspecified atom stereocenters. The van der Waals surface area contributed by atoms with Gasteiger partial charge >= 0.3 is 5.91 Å². The van der Waals surface area contributed by atoms with Crippen molar-refractivity contribution in [1.82, 2.24) is 0 Å². The maximum Gasteiger partial charge on any atom is 0.390 e. The number of amides is 1. The molecule has 0 atom stereocenters. The molecule has 0 aromatic rings. The highest BCUT2D eigenvalue weighted by molar-refractivity contribution is 5.82. The van der Waals surface area contributed by atoms with E-state index in [-0.39, 0.29) is 5.91 Å². The molecule has 0 bridgehead atoms. The SMILES string of the molecule is CC1=CC=[N+](C)C(=O)C1. The number of hydrogen-bond acceptors (Lipinski definition) is 1. The Bertz CT molecular complexity index is 201. The van der Waals surface area contributed by atoms with Crippen LogP contribution in [0.2, 0.25) is 0 Å². The predicted octanol–water partition coefficient (Wildman–Crippen LogP) is 0.576. The molecule has 0 N–H and O–H groups in total. The highest BCUT2D eigenvalue weighted by Crippen LogP contribution is 2.02. The van der Waals surface area contributed by atoms with Gasteiger partial charge in [0.2, 0.25) is 0 Å². The van der Waals surface area contributed by atoms with E-state index in [2.05, 4.69) is 0 Å². The van der Waals surface area contributed by atoms with Crippen molar-refractivity contribution in [2.75, 3.05) is 7.05 Å². The van der Waals surface area contributed by atoms with Gasteiger partial charge in [0.1, 0.15) is 7.05 Å². The van der Waals surface area contributed by atoms with Gasteiger partial charge in [-0.05, 0) is 6.92 Å². The van der Waals surface area contributed by atoms with Crippen LogP contribution in [-0.4, -0.2) is 23.7 Å². The lowest BCUT2D eigenvalue weighted by Gasteiger charge is -1.99. The van der Waals surface area contributed by atoms with Crippen molar-refractivity contribution in [1.29, 1.82) is 0 Å². The first-order valence-electron chi connectivity index (χ1n) is 2.96. The molecule has 1 rings (SSSR count). The van der Waals surface area contributed by atoms with Crippen LogP contribution in [0.4, 0.5) is 0 Å². The summed E-state index contributed by atoms with van der Waals surface area (Å²) >= 11 is 0. The molecule has 0 saturated heterocycles. The molecule has 1 aliphatic heterocycles. The molecule has 0 aliphatic carbocycles.